The lowest BCUT2D eigenvalue weighted by molar-refractivity contribution is -0.128. The second-order valence-corrected chi connectivity index (χ2v) is 4.42. The maximum atomic E-state index is 11.5. The van der Waals surface area contributed by atoms with E-state index in [0.717, 1.165) is 5.56 Å². The predicted octanol–water partition coefficient (Wildman–Crippen LogP) is 3.26. The average Bonchev–Trinajstić information content (AvgIpc) is 2.38. The molecule has 17 heavy (non-hydrogen) atoms. The van der Waals surface area contributed by atoms with E-state index in [-0.39, 0.29) is 6.10 Å². The van der Waals surface area contributed by atoms with Crippen LogP contribution in [0, 0.1) is 0 Å². The second kappa shape index (κ2) is 4.30. The van der Waals surface area contributed by atoms with Gasteiger partial charge in [-0.05, 0) is 16.3 Å². The van der Waals surface area contributed by atoms with E-state index in [2.05, 4.69) is 24.3 Å². The number of rotatable bonds is 1. The fraction of sp³-hybridized carbons (Fsp3) is 0.267. The number of hydrogen-bond donors (Lipinski definition) is 0. The van der Waals surface area contributed by atoms with Crippen molar-refractivity contribution in [1.29, 1.82) is 0 Å². The van der Waals surface area contributed by atoms with Crippen molar-refractivity contribution in [3.8, 4) is 0 Å². The third kappa shape index (κ3) is 1.96. The van der Waals surface area contributed by atoms with Gasteiger partial charge in [-0.25, -0.2) is 0 Å². The molecule has 1 aliphatic rings. The SMILES string of the molecule is O=C1CCOC(c2cccc3ccccc23)C1. The monoisotopic (exact) mass is 226 g/mol. The lowest BCUT2D eigenvalue weighted by atomic mass is 9.95. The van der Waals surface area contributed by atoms with Gasteiger partial charge in [0, 0.05) is 12.8 Å². The minimum atomic E-state index is -0.0673. The van der Waals surface area contributed by atoms with Crippen LogP contribution in [0.2, 0.25) is 0 Å². The standard InChI is InChI=1S/C15H14O2/c16-12-8-9-17-15(10-12)14-7-3-5-11-4-1-2-6-13(11)14/h1-7,15H,8-10H2. The highest BCUT2D eigenvalue weighted by atomic mass is 16.5. The highest BCUT2D eigenvalue weighted by Crippen LogP contribution is 2.31. The first-order chi connectivity index (χ1) is 8.34. The molecule has 0 radical (unpaired) electrons. The van der Waals surface area contributed by atoms with Crippen molar-refractivity contribution in [2.45, 2.75) is 18.9 Å². The molecule has 1 fully saturated rings. The molecule has 0 aromatic heterocycles. The van der Waals surface area contributed by atoms with Crippen molar-refractivity contribution in [2.24, 2.45) is 0 Å². The van der Waals surface area contributed by atoms with Crippen LogP contribution in [0.5, 0.6) is 0 Å². The topological polar surface area (TPSA) is 26.3 Å². The Balaban J connectivity index is 2.07. The van der Waals surface area contributed by atoms with Gasteiger partial charge in [0.25, 0.3) is 0 Å². The molecule has 1 aliphatic heterocycles. The lowest BCUT2D eigenvalue weighted by Crippen LogP contribution is -2.19. The van der Waals surface area contributed by atoms with Gasteiger partial charge in [0.1, 0.15) is 5.78 Å². The summed E-state index contributed by atoms with van der Waals surface area (Å²) in [6.07, 6.45) is 0.997. The summed E-state index contributed by atoms with van der Waals surface area (Å²) >= 11 is 0. The molecule has 0 amide bonds. The summed E-state index contributed by atoms with van der Waals surface area (Å²) in [6, 6.07) is 14.4. The van der Waals surface area contributed by atoms with Gasteiger partial charge in [0.2, 0.25) is 0 Å². The van der Waals surface area contributed by atoms with Crippen LogP contribution in [-0.4, -0.2) is 12.4 Å². The van der Waals surface area contributed by atoms with Crippen molar-refractivity contribution in [3.05, 3.63) is 48.0 Å². The van der Waals surface area contributed by atoms with E-state index in [1.54, 1.807) is 0 Å². The minimum Gasteiger partial charge on any atom is -0.373 e. The minimum absolute atomic E-state index is 0.0673. The molecule has 3 rings (SSSR count). The fourth-order valence-corrected chi connectivity index (χ4v) is 2.41. The third-order valence-electron chi connectivity index (χ3n) is 3.28. The van der Waals surface area contributed by atoms with Crippen LogP contribution >= 0.6 is 0 Å². The van der Waals surface area contributed by atoms with Crippen LogP contribution in [0.3, 0.4) is 0 Å². The van der Waals surface area contributed by atoms with Gasteiger partial charge < -0.3 is 4.74 Å². The molecule has 2 aromatic rings. The number of ketones is 1. The summed E-state index contributed by atoms with van der Waals surface area (Å²) < 4.78 is 5.72. The van der Waals surface area contributed by atoms with Gasteiger partial charge in [-0.2, -0.15) is 0 Å². The number of carbonyl (C=O) groups is 1. The quantitative estimate of drug-likeness (QED) is 0.746. The number of benzene rings is 2. The Morgan fingerprint density at radius 2 is 1.88 bits per heavy atom. The van der Waals surface area contributed by atoms with E-state index in [0.29, 0.717) is 25.2 Å². The Labute approximate surface area is 100 Å². The maximum Gasteiger partial charge on any atom is 0.138 e. The summed E-state index contributed by atoms with van der Waals surface area (Å²) in [5.74, 6) is 0.300. The van der Waals surface area contributed by atoms with E-state index in [4.69, 9.17) is 4.74 Å². The molecule has 0 N–H and O–H groups in total. The van der Waals surface area contributed by atoms with E-state index < -0.39 is 0 Å². The zero-order chi connectivity index (χ0) is 11.7. The van der Waals surface area contributed by atoms with Gasteiger partial charge in [0.15, 0.2) is 0 Å². The summed E-state index contributed by atoms with van der Waals surface area (Å²) in [5.41, 5.74) is 1.14. The lowest BCUT2D eigenvalue weighted by Gasteiger charge is -2.23. The van der Waals surface area contributed by atoms with Crippen LogP contribution in [0.1, 0.15) is 24.5 Å². The maximum absolute atomic E-state index is 11.5. The Bertz CT molecular complexity index is 554. The zero-order valence-electron chi connectivity index (χ0n) is 9.56. The average molecular weight is 226 g/mol. The summed E-state index contributed by atoms with van der Waals surface area (Å²) in [6.45, 7) is 0.548. The number of Topliss-reactive ketones (excluding diaryl/α,β-unsaturated/α-hetero) is 1. The Hall–Kier alpha value is -1.67. The first-order valence-corrected chi connectivity index (χ1v) is 5.95. The third-order valence-corrected chi connectivity index (χ3v) is 3.28. The van der Waals surface area contributed by atoms with Crippen LogP contribution in [-0.2, 0) is 9.53 Å². The van der Waals surface area contributed by atoms with E-state index in [9.17, 15) is 4.79 Å². The number of fused-ring (bicyclic) bond motifs is 1. The molecule has 86 valence electrons. The molecule has 0 saturated carbocycles. The van der Waals surface area contributed by atoms with Crippen LogP contribution < -0.4 is 0 Å². The fourth-order valence-electron chi connectivity index (χ4n) is 2.41. The molecular weight excluding hydrogens is 212 g/mol. The highest BCUT2D eigenvalue weighted by molar-refractivity contribution is 5.87. The summed E-state index contributed by atoms with van der Waals surface area (Å²) in [7, 11) is 0. The molecule has 0 aliphatic carbocycles. The predicted molar refractivity (Wildman–Crippen MR) is 66.9 cm³/mol. The Morgan fingerprint density at radius 3 is 2.76 bits per heavy atom. The molecule has 0 bridgehead atoms. The van der Waals surface area contributed by atoms with Gasteiger partial charge >= 0.3 is 0 Å². The molecule has 1 atom stereocenters. The smallest absolute Gasteiger partial charge is 0.138 e. The molecule has 1 saturated heterocycles. The van der Waals surface area contributed by atoms with Gasteiger partial charge in [-0.3, -0.25) is 4.79 Å². The van der Waals surface area contributed by atoms with Crippen LogP contribution in [0.15, 0.2) is 42.5 Å². The van der Waals surface area contributed by atoms with Crippen LogP contribution in [0.25, 0.3) is 10.8 Å². The second-order valence-electron chi connectivity index (χ2n) is 4.42. The van der Waals surface area contributed by atoms with Crippen LogP contribution in [0.4, 0.5) is 0 Å². The van der Waals surface area contributed by atoms with E-state index in [1.165, 1.54) is 10.8 Å². The molecule has 2 heteroatoms. The normalized spacial score (nSPS) is 20.7. The van der Waals surface area contributed by atoms with Gasteiger partial charge in [0.05, 0.1) is 12.7 Å². The first kappa shape index (κ1) is 10.5. The largest absolute Gasteiger partial charge is 0.373 e. The summed E-state index contributed by atoms with van der Waals surface area (Å²) in [5, 5.41) is 2.39. The van der Waals surface area contributed by atoms with Crippen molar-refractivity contribution in [1.82, 2.24) is 0 Å². The molecule has 1 heterocycles. The van der Waals surface area contributed by atoms with E-state index >= 15 is 0 Å². The van der Waals surface area contributed by atoms with Gasteiger partial charge in [-0.1, -0.05) is 42.5 Å². The molecular formula is C15H14O2. The number of ether oxygens (including phenoxy) is 1. The van der Waals surface area contributed by atoms with E-state index in [1.807, 2.05) is 18.2 Å². The number of hydrogen-bond acceptors (Lipinski definition) is 2. The van der Waals surface area contributed by atoms with Crippen molar-refractivity contribution >= 4 is 16.6 Å². The van der Waals surface area contributed by atoms with Crippen molar-refractivity contribution in [3.63, 3.8) is 0 Å². The Kier molecular flexibility index (Phi) is 2.65. The first-order valence-electron chi connectivity index (χ1n) is 5.95. The van der Waals surface area contributed by atoms with Crippen molar-refractivity contribution < 1.29 is 9.53 Å². The molecule has 2 aromatic carbocycles. The molecule has 1 unspecified atom stereocenters. The summed E-state index contributed by atoms with van der Waals surface area (Å²) in [4.78, 5) is 11.5. The molecule has 2 nitrogen and oxygen atoms in total. The van der Waals surface area contributed by atoms with Crippen molar-refractivity contribution in [2.75, 3.05) is 6.61 Å². The zero-order valence-corrected chi connectivity index (χ0v) is 9.56. The molecule has 0 spiro atoms. The highest BCUT2D eigenvalue weighted by Gasteiger charge is 2.22. The Morgan fingerprint density at radius 1 is 1.06 bits per heavy atom. The van der Waals surface area contributed by atoms with Gasteiger partial charge in [-0.15, -0.1) is 0 Å². The number of carbonyl (C=O) groups excluding carboxylic acids is 1.